The number of amides is 1. The van der Waals surface area contributed by atoms with Gasteiger partial charge in [-0.05, 0) is 41.0 Å². The number of nitrogens with zero attached hydrogens (tertiary/aromatic N) is 3. The molecule has 0 unspecified atom stereocenters. The molecule has 0 saturated carbocycles. The van der Waals surface area contributed by atoms with Crippen molar-refractivity contribution in [1.29, 1.82) is 0 Å². The predicted octanol–water partition coefficient (Wildman–Crippen LogP) is 5.61. The van der Waals surface area contributed by atoms with E-state index in [1.165, 1.54) is 6.08 Å². The summed E-state index contributed by atoms with van der Waals surface area (Å²) >= 11 is 7.89. The number of carbonyl (C=O) groups excluding carboxylic acids is 1. The maximum absolute atomic E-state index is 12.4. The number of halogens is 1. The monoisotopic (exact) mass is 504 g/mol. The van der Waals surface area contributed by atoms with Crippen molar-refractivity contribution in [2.24, 2.45) is 0 Å². The van der Waals surface area contributed by atoms with Gasteiger partial charge >= 0.3 is 0 Å². The van der Waals surface area contributed by atoms with Crippen LogP contribution in [0.3, 0.4) is 0 Å². The topological polar surface area (TPSA) is 69.0 Å². The van der Waals surface area contributed by atoms with Crippen molar-refractivity contribution in [3.63, 3.8) is 0 Å². The van der Waals surface area contributed by atoms with E-state index in [1.54, 1.807) is 24.9 Å². The highest BCUT2D eigenvalue weighted by Gasteiger charge is 2.14. The zero-order valence-corrected chi connectivity index (χ0v) is 20.8. The lowest BCUT2D eigenvalue weighted by molar-refractivity contribution is -0.116. The SMILES string of the molecule is COc1ccc(/C=C/C(=O)NCc2nnc(SCc3ccccc3Cl)n2Cc2ccccc2)cc1. The summed E-state index contributed by atoms with van der Waals surface area (Å²) in [5.41, 5.74) is 3.07. The molecule has 0 aliphatic rings. The second kappa shape index (κ2) is 12.2. The van der Waals surface area contributed by atoms with Crippen LogP contribution >= 0.6 is 23.4 Å². The van der Waals surface area contributed by atoms with Crippen molar-refractivity contribution in [3.05, 3.63) is 112 Å². The van der Waals surface area contributed by atoms with Crippen LogP contribution in [0.2, 0.25) is 5.02 Å². The first-order valence-corrected chi connectivity index (χ1v) is 12.4. The Hall–Kier alpha value is -3.55. The van der Waals surface area contributed by atoms with E-state index >= 15 is 0 Å². The van der Waals surface area contributed by atoms with Gasteiger partial charge in [0.1, 0.15) is 5.75 Å². The van der Waals surface area contributed by atoms with Crippen molar-refractivity contribution in [2.75, 3.05) is 7.11 Å². The smallest absolute Gasteiger partial charge is 0.244 e. The third-order valence-electron chi connectivity index (χ3n) is 5.26. The van der Waals surface area contributed by atoms with E-state index in [-0.39, 0.29) is 12.5 Å². The highest BCUT2D eigenvalue weighted by Crippen LogP contribution is 2.26. The zero-order valence-electron chi connectivity index (χ0n) is 19.2. The number of rotatable bonds is 10. The van der Waals surface area contributed by atoms with Gasteiger partial charge in [-0.3, -0.25) is 4.79 Å². The summed E-state index contributed by atoms with van der Waals surface area (Å²) in [5.74, 6) is 1.92. The van der Waals surface area contributed by atoms with E-state index in [0.29, 0.717) is 18.1 Å². The zero-order chi connectivity index (χ0) is 24.5. The first kappa shape index (κ1) is 24.6. The van der Waals surface area contributed by atoms with Gasteiger partial charge in [-0.25, -0.2) is 0 Å². The number of ether oxygens (including phenoxy) is 1. The Balaban J connectivity index is 1.45. The number of aromatic nitrogens is 3. The van der Waals surface area contributed by atoms with E-state index in [1.807, 2.05) is 71.3 Å². The van der Waals surface area contributed by atoms with E-state index < -0.39 is 0 Å². The summed E-state index contributed by atoms with van der Waals surface area (Å²) in [6, 6.07) is 25.4. The van der Waals surface area contributed by atoms with Crippen molar-refractivity contribution >= 4 is 35.3 Å². The lowest BCUT2D eigenvalue weighted by atomic mass is 10.2. The summed E-state index contributed by atoms with van der Waals surface area (Å²) in [6.07, 6.45) is 3.27. The van der Waals surface area contributed by atoms with Crippen LogP contribution in [0.25, 0.3) is 6.08 Å². The standard InChI is InChI=1S/C27H25ClN4O2S/c1-34-23-14-11-20(12-15-23)13-16-26(33)29-17-25-30-31-27(32(25)18-21-7-3-2-4-8-21)35-19-22-9-5-6-10-24(22)28/h2-16H,17-19H2,1H3,(H,29,33)/b16-13+. The molecule has 1 N–H and O–H groups in total. The molecule has 0 aliphatic heterocycles. The molecule has 4 aromatic rings. The van der Waals surface area contributed by atoms with Gasteiger partial charge in [-0.2, -0.15) is 0 Å². The fourth-order valence-corrected chi connectivity index (χ4v) is 4.59. The molecule has 4 rings (SSSR count). The first-order chi connectivity index (χ1) is 17.1. The molecule has 1 heterocycles. The number of benzene rings is 3. The lowest BCUT2D eigenvalue weighted by Crippen LogP contribution is -2.23. The number of methoxy groups -OCH3 is 1. The van der Waals surface area contributed by atoms with Gasteiger partial charge in [0, 0.05) is 16.9 Å². The third kappa shape index (κ3) is 6.97. The van der Waals surface area contributed by atoms with Crippen LogP contribution in [0, 0.1) is 0 Å². The van der Waals surface area contributed by atoms with Crippen molar-refractivity contribution < 1.29 is 9.53 Å². The summed E-state index contributed by atoms with van der Waals surface area (Å²) in [4.78, 5) is 12.4. The Labute approximate surface area is 214 Å². The Kier molecular flexibility index (Phi) is 8.59. The summed E-state index contributed by atoms with van der Waals surface area (Å²) < 4.78 is 7.19. The largest absolute Gasteiger partial charge is 0.497 e. The van der Waals surface area contributed by atoms with Gasteiger partial charge in [-0.1, -0.05) is 84.0 Å². The molecular weight excluding hydrogens is 480 g/mol. The van der Waals surface area contributed by atoms with E-state index in [4.69, 9.17) is 16.3 Å². The normalized spacial score (nSPS) is 11.0. The van der Waals surface area contributed by atoms with Gasteiger partial charge < -0.3 is 14.6 Å². The number of thioether (sulfide) groups is 1. The van der Waals surface area contributed by atoms with E-state index in [0.717, 1.165) is 32.6 Å². The molecule has 35 heavy (non-hydrogen) atoms. The van der Waals surface area contributed by atoms with Crippen LogP contribution in [-0.4, -0.2) is 27.8 Å². The van der Waals surface area contributed by atoms with Crippen LogP contribution < -0.4 is 10.1 Å². The van der Waals surface area contributed by atoms with Crippen molar-refractivity contribution in [1.82, 2.24) is 20.1 Å². The van der Waals surface area contributed by atoms with Gasteiger partial charge in [0.15, 0.2) is 11.0 Å². The molecule has 0 fully saturated rings. The minimum atomic E-state index is -0.208. The summed E-state index contributed by atoms with van der Waals surface area (Å²) in [7, 11) is 1.62. The maximum atomic E-state index is 12.4. The minimum absolute atomic E-state index is 0.208. The molecular formula is C27H25ClN4O2S. The summed E-state index contributed by atoms with van der Waals surface area (Å²) in [5, 5.41) is 13.2. The Bertz CT molecular complexity index is 1290. The van der Waals surface area contributed by atoms with Crippen LogP contribution in [0.4, 0.5) is 0 Å². The Morgan fingerprint density at radius 3 is 2.51 bits per heavy atom. The van der Waals surface area contributed by atoms with E-state index in [9.17, 15) is 4.79 Å². The highest BCUT2D eigenvalue weighted by atomic mass is 35.5. The number of nitrogens with one attached hydrogen (secondary N) is 1. The highest BCUT2D eigenvalue weighted by molar-refractivity contribution is 7.98. The molecule has 0 bridgehead atoms. The molecule has 0 aliphatic carbocycles. The molecule has 1 amide bonds. The predicted molar refractivity (Wildman–Crippen MR) is 140 cm³/mol. The first-order valence-electron chi connectivity index (χ1n) is 11.0. The van der Waals surface area contributed by atoms with Gasteiger partial charge in [0.2, 0.25) is 5.91 Å². The molecule has 0 atom stereocenters. The van der Waals surface area contributed by atoms with Gasteiger partial charge in [0.25, 0.3) is 0 Å². The Morgan fingerprint density at radius 1 is 1.03 bits per heavy atom. The van der Waals surface area contributed by atoms with Crippen LogP contribution in [0.15, 0.2) is 90.1 Å². The fourth-order valence-electron chi connectivity index (χ4n) is 3.35. The molecule has 3 aromatic carbocycles. The van der Waals surface area contributed by atoms with Crippen molar-refractivity contribution in [2.45, 2.75) is 24.0 Å². The van der Waals surface area contributed by atoms with E-state index in [2.05, 4.69) is 27.6 Å². The number of carbonyl (C=O) groups is 1. The molecule has 0 radical (unpaired) electrons. The average molecular weight is 505 g/mol. The lowest BCUT2D eigenvalue weighted by Gasteiger charge is -2.11. The quantitative estimate of drug-likeness (QED) is 0.224. The van der Waals surface area contributed by atoms with Gasteiger partial charge in [0.05, 0.1) is 20.2 Å². The molecule has 0 spiro atoms. The molecule has 178 valence electrons. The van der Waals surface area contributed by atoms with Gasteiger partial charge in [-0.15, -0.1) is 10.2 Å². The fraction of sp³-hybridized carbons (Fsp3) is 0.148. The maximum Gasteiger partial charge on any atom is 0.244 e. The third-order valence-corrected chi connectivity index (χ3v) is 6.64. The number of hydrogen-bond donors (Lipinski definition) is 1. The molecule has 1 aromatic heterocycles. The molecule has 0 saturated heterocycles. The summed E-state index contributed by atoms with van der Waals surface area (Å²) in [6.45, 7) is 0.865. The molecule has 6 nitrogen and oxygen atoms in total. The Morgan fingerprint density at radius 2 is 1.77 bits per heavy atom. The molecule has 8 heteroatoms. The average Bonchev–Trinajstić information content (AvgIpc) is 3.27. The van der Waals surface area contributed by atoms with Crippen molar-refractivity contribution in [3.8, 4) is 5.75 Å². The van der Waals surface area contributed by atoms with Crippen LogP contribution in [0.1, 0.15) is 22.5 Å². The minimum Gasteiger partial charge on any atom is -0.497 e. The second-order valence-corrected chi connectivity index (χ2v) is 9.02. The number of hydrogen-bond acceptors (Lipinski definition) is 5. The van der Waals surface area contributed by atoms with Crippen LogP contribution in [-0.2, 0) is 23.6 Å². The second-order valence-electron chi connectivity index (χ2n) is 7.67. The van der Waals surface area contributed by atoms with Crippen LogP contribution in [0.5, 0.6) is 5.75 Å².